The van der Waals surface area contributed by atoms with Crippen LogP contribution in [-0.2, 0) is 4.74 Å². The number of cyclic esters (lactones) is 1. The molecule has 6 heteroatoms. The number of H-pyrrole nitrogens is 1. The van der Waals surface area contributed by atoms with Crippen molar-refractivity contribution < 1.29 is 19.0 Å². The van der Waals surface area contributed by atoms with Gasteiger partial charge >= 0.3 is 5.97 Å². The number of esters is 1. The molecule has 23 heavy (non-hydrogen) atoms. The first-order valence-corrected chi connectivity index (χ1v) is 6.94. The quantitative estimate of drug-likeness (QED) is 0.880. The molecule has 1 aromatic heterocycles. The summed E-state index contributed by atoms with van der Waals surface area (Å²) in [5.74, 6) is 0.738. The molecular weight excluding hydrogens is 298 g/mol. The smallest absolute Gasteiger partial charge is 0.349 e. The summed E-state index contributed by atoms with van der Waals surface area (Å²) in [4.78, 5) is 26.5. The molecule has 0 saturated heterocycles. The van der Waals surface area contributed by atoms with Crippen LogP contribution in [0, 0.1) is 6.92 Å². The van der Waals surface area contributed by atoms with E-state index in [1.165, 1.54) is 7.11 Å². The fourth-order valence-corrected chi connectivity index (χ4v) is 2.57. The van der Waals surface area contributed by atoms with E-state index in [1.807, 2.05) is 0 Å². The Balaban J connectivity index is 2.18. The van der Waals surface area contributed by atoms with E-state index in [9.17, 15) is 9.59 Å². The summed E-state index contributed by atoms with van der Waals surface area (Å²) >= 11 is 0. The Morgan fingerprint density at radius 3 is 2.65 bits per heavy atom. The third kappa shape index (κ3) is 2.48. The Morgan fingerprint density at radius 1 is 1.17 bits per heavy atom. The standard InChI is InChI=1S/C17H15NO5/c1-9-7-11-13(23-17(20)14(11)16(19)18-9)8-10-5-4-6-12(21-2)15(10)22-3/h4-8H,1-3H3,(H,18,19)/b13-8+. The number of para-hydroxylation sites is 1. The average molecular weight is 313 g/mol. The van der Waals surface area contributed by atoms with Crippen molar-refractivity contribution in [1.82, 2.24) is 4.98 Å². The number of methoxy groups -OCH3 is 2. The molecule has 1 aliphatic heterocycles. The van der Waals surface area contributed by atoms with Gasteiger partial charge in [0.05, 0.1) is 14.2 Å². The van der Waals surface area contributed by atoms with Gasteiger partial charge in [-0.1, -0.05) is 12.1 Å². The predicted molar refractivity (Wildman–Crippen MR) is 84.6 cm³/mol. The molecule has 0 fully saturated rings. The van der Waals surface area contributed by atoms with Crippen LogP contribution in [0.2, 0.25) is 0 Å². The van der Waals surface area contributed by atoms with Crippen LogP contribution in [0.15, 0.2) is 29.1 Å². The van der Waals surface area contributed by atoms with Gasteiger partial charge in [0.2, 0.25) is 0 Å². The molecule has 1 aromatic carbocycles. The molecule has 0 spiro atoms. The second kappa shape index (κ2) is 5.64. The maximum absolute atomic E-state index is 11.9. The van der Waals surface area contributed by atoms with Gasteiger partial charge in [-0.2, -0.15) is 0 Å². The fraction of sp³-hybridized carbons (Fsp3) is 0.176. The number of rotatable bonds is 3. The highest BCUT2D eigenvalue weighted by Crippen LogP contribution is 2.36. The van der Waals surface area contributed by atoms with Gasteiger partial charge in [-0.3, -0.25) is 4.79 Å². The van der Waals surface area contributed by atoms with Gasteiger partial charge in [-0.25, -0.2) is 4.79 Å². The lowest BCUT2D eigenvalue weighted by molar-refractivity contribution is 0.0715. The summed E-state index contributed by atoms with van der Waals surface area (Å²) in [6.45, 7) is 1.74. The Labute approximate surface area is 132 Å². The number of pyridine rings is 1. The third-order valence-corrected chi connectivity index (χ3v) is 3.56. The second-order valence-corrected chi connectivity index (χ2v) is 5.05. The number of benzene rings is 1. The van der Waals surface area contributed by atoms with E-state index >= 15 is 0 Å². The Morgan fingerprint density at radius 2 is 1.96 bits per heavy atom. The number of carbonyl (C=O) groups excluding carboxylic acids is 1. The number of hydrogen-bond donors (Lipinski definition) is 1. The Kier molecular flexibility index (Phi) is 3.65. The molecule has 3 rings (SSSR count). The first-order chi connectivity index (χ1) is 11.0. The van der Waals surface area contributed by atoms with Crippen LogP contribution in [0.25, 0.3) is 11.8 Å². The van der Waals surface area contributed by atoms with Crippen molar-refractivity contribution in [3.63, 3.8) is 0 Å². The normalized spacial score (nSPS) is 14.6. The summed E-state index contributed by atoms with van der Waals surface area (Å²) in [6.07, 6.45) is 1.66. The summed E-state index contributed by atoms with van der Waals surface area (Å²) in [6, 6.07) is 7.08. The molecule has 1 N–H and O–H groups in total. The molecule has 2 heterocycles. The lowest BCUT2D eigenvalue weighted by atomic mass is 10.1. The number of aryl methyl sites for hydroxylation is 1. The van der Waals surface area contributed by atoms with E-state index in [1.54, 1.807) is 44.4 Å². The van der Waals surface area contributed by atoms with Crippen molar-refractivity contribution in [2.24, 2.45) is 0 Å². The summed E-state index contributed by atoms with van der Waals surface area (Å²) in [5, 5.41) is 0. The molecule has 0 aliphatic carbocycles. The minimum atomic E-state index is -0.658. The number of aromatic nitrogens is 1. The second-order valence-electron chi connectivity index (χ2n) is 5.05. The van der Waals surface area contributed by atoms with Gasteiger partial charge < -0.3 is 19.2 Å². The van der Waals surface area contributed by atoms with Crippen LogP contribution in [-0.4, -0.2) is 25.2 Å². The van der Waals surface area contributed by atoms with Crippen molar-refractivity contribution in [2.45, 2.75) is 6.92 Å². The molecule has 0 unspecified atom stereocenters. The molecule has 0 amide bonds. The van der Waals surface area contributed by atoms with Crippen molar-refractivity contribution >= 4 is 17.8 Å². The van der Waals surface area contributed by atoms with Crippen molar-refractivity contribution in [3.05, 3.63) is 57.0 Å². The number of aromatic amines is 1. The van der Waals surface area contributed by atoms with Gasteiger partial charge in [0.25, 0.3) is 5.56 Å². The van der Waals surface area contributed by atoms with Crippen molar-refractivity contribution in [3.8, 4) is 11.5 Å². The summed E-state index contributed by atoms with van der Waals surface area (Å²) in [7, 11) is 3.08. The van der Waals surface area contributed by atoms with Crippen LogP contribution < -0.4 is 15.0 Å². The van der Waals surface area contributed by atoms with Crippen LogP contribution >= 0.6 is 0 Å². The van der Waals surface area contributed by atoms with Crippen LogP contribution in [0.4, 0.5) is 0 Å². The highest BCUT2D eigenvalue weighted by Gasteiger charge is 2.30. The predicted octanol–water partition coefficient (Wildman–Crippen LogP) is 2.37. The van der Waals surface area contributed by atoms with Crippen molar-refractivity contribution in [2.75, 3.05) is 14.2 Å². The number of carbonyl (C=O) groups is 1. The maximum atomic E-state index is 11.9. The number of hydrogen-bond acceptors (Lipinski definition) is 5. The number of ether oxygens (including phenoxy) is 3. The van der Waals surface area contributed by atoms with Gasteiger partial charge in [-0.15, -0.1) is 0 Å². The monoisotopic (exact) mass is 313 g/mol. The lowest BCUT2D eigenvalue weighted by Gasteiger charge is -2.10. The average Bonchev–Trinajstić information content (AvgIpc) is 2.83. The van der Waals surface area contributed by atoms with E-state index in [0.717, 1.165) is 0 Å². The van der Waals surface area contributed by atoms with Gasteiger partial charge in [0, 0.05) is 16.8 Å². The minimum absolute atomic E-state index is 0.0173. The largest absolute Gasteiger partial charge is 0.493 e. The molecular formula is C17H15NO5. The molecule has 0 radical (unpaired) electrons. The molecule has 0 saturated carbocycles. The topological polar surface area (TPSA) is 77.6 Å². The molecule has 0 bridgehead atoms. The van der Waals surface area contributed by atoms with Crippen LogP contribution in [0.1, 0.15) is 27.2 Å². The molecule has 1 aliphatic rings. The van der Waals surface area contributed by atoms with E-state index in [0.29, 0.717) is 34.1 Å². The fourth-order valence-electron chi connectivity index (χ4n) is 2.57. The minimum Gasteiger partial charge on any atom is -0.493 e. The lowest BCUT2D eigenvalue weighted by Crippen LogP contribution is -2.16. The number of fused-ring (bicyclic) bond motifs is 1. The zero-order valence-electron chi connectivity index (χ0n) is 12.9. The first kappa shape index (κ1) is 14.9. The van der Waals surface area contributed by atoms with E-state index in [4.69, 9.17) is 14.2 Å². The highest BCUT2D eigenvalue weighted by atomic mass is 16.5. The Hall–Kier alpha value is -3.02. The van der Waals surface area contributed by atoms with E-state index in [2.05, 4.69) is 4.98 Å². The molecule has 118 valence electrons. The van der Waals surface area contributed by atoms with Crippen LogP contribution in [0.3, 0.4) is 0 Å². The molecule has 6 nitrogen and oxygen atoms in total. The maximum Gasteiger partial charge on any atom is 0.349 e. The first-order valence-electron chi connectivity index (χ1n) is 6.94. The van der Waals surface area contributed by atoms with Crippen LogP contribution in [0.5, 0.6) is 11.5 Å². The SMILES string of the molecule is COc1cccc(/C=C2/OC(=O)c3c2cc(C)[nH]c3=O)c1OC. The van der Waals surface area contributed by atoms with E-state index < -0.39 is 11.5 Å². The van der Waals surface area contributed by atoms with Gasteiger partial charge in [0.1, 0.15) is 11.3 Å². The Bertz CT molecular complexity index is 879. The zero-order valence-corrected chi connectivity index (χ0v) is 12.9. The molecule has 2 aromatic rings. The van der Waals surface area contributed by atoms with Gasteiger partial charge in [0.15, 0.2) is 11.5 Å². The number of nitrogens with one attached hydrogen (secondary N) is 1. The summed E-state index contributed by atoms with van der Waals surface area (Å²) < 4.78 is 15.9. The third-order valence-electron chi connectivity index (χ3n) is 3.56. The highest BCUT2D eigenvalue weighted by molar-refractivity contribution is 6.05. The van der Waals surface area contributed by atoms with E-state index in [-0.39, 0.29) is 5.56 Å². The molecule has 0 atom stereocenters. The van der Waals surface area contributed by atoms with Crippen molar-refractivity contribution in [1.29, 1.82) is 0 Å². The van der Waals surface area contributed by atoms with Gasteiger partial charge in [-0.05, 0) is 25.1 Å². The summed E-state index contributed by atoms with van der Waals surface area (Å²) in [5.41, 5.74) is 1.37. The zero-order chi connectivity index (χ0) is 16.6.